The number of aryl methyl sites for hydroxylation is 1. The van der Waals surface area contributed by atoms with Gasteiger partial charge in [0.15, 0.2) is 0 Å². The zero-order valence-corrected chi connectivity index (χ0v) is 14.3. The van der Waals surface area contributed by atoms with Crippen LogP contribution in [-0.4, -0.2) is 15.7 Å². The van der Waals surface area contributed by atoms with E-state index in [9.17, 15) is 4.79 Å². The van der Waals surface area contributed by atoms with Crippen LogP contribution in [0.15, 0.2) is 47.1 Å². The summed E-state index contributed by atoms with van der Waals surface area (Å²) in [6.45, 7) is 4.16. The van der Waals surface area contributed by atoms with Crippen molar-refractivity contribution >= 4 is 17.5 Å². The summed E-state index contributed by atoms with van der Waals surface area (Å²) < 4.78 is 6.99. The molecular weight excluding hydrogens is 326 g/mol. The molecule has 0 aliphatic rings. The highest BCUT2D eigenvalue weighted by Crippen LogP contribution is 2.24. The van der Waals surface area contributed by atoms with Crippen LogP contribution in [0.2, 0.25) is 5.02 Å². The van der Waals surface area contributed by atoms with Crippen molar-refractivity contribution in [3.63, 3.8) is 0 Å². The lowest BCUT2D eigenvalue weighted by atomic mass is 10.1. The highest BCUT2D eigenvalue weighted by molar-refractivity contribution is 6.32. The number of halogens is 1. The highest BCUT2D eigenvalue weighted by Gasteiger charge is 2.22. The molecule has 24 heavy (non-hydrogen) atoms. The van der Waals surface area contributed by atoms with E-state index in [0.29, 0.717) is 35.0 Å². The highest BCUT2D eigenvalue weighted by atomic mass is 35.5. The predicted molar refractivity (Wildman–Crippen MR) is 92.6 cm³/mol. The van der Waals surface area contributed by atoms with Crippen LogP contribution in [0.3, 0.4) is 0 Å². The number of amides is 1. The Morgan fingerprint density at radius 1 is 1.29 bits per heavy atom. The van der Waals surface area contributed by atoms with Gasteiger partial charge in [0, 0.05) is 0 Å². The molecule has 3 aromatic rings. The van der Waals surface area contributed by atoms with Gasteiger partial charge in [-0.3, -0.25) is 4.79 Å². The summed E-state index contributed by atoms with van der Waals surface area (Å²) in [6, 6.07) is 11.1. The van der Waals surface area contributed by atoms with Crippen LogP contribution in [0, 0.1) is 6.92 Å². The number of hydrogen-bond acceptors (Lipinski definition) is 3. The first-order valence-electron chi connectivity index (χ1n) is 7.75. The molecule has 0 spiro atoms. The first-order valence-corrected chi connectivity index (χ1v) is 8.13. The third kappa shape index (κ3) is 3.08. The van der Waals surface area contributed by atoms with Gasteiger partial charge in [-0.2, -0.15) is 5.10 Å². The number of rotatable bonds is 5. The molecule has 0 fully saturated rings. The second-order valence-corrected chi connectivity index (χ2v) is 5.79. The fraction of sp³-hybridized carbons (Fsp3) is 0.222. The Hall–Kier alpha value is -2.53. The molecule has 0 aliphatic heterocycles. The number of furan rings is 1. The van der Waals surface area contributed by atoms with Crippen LogP contribution in [0.5, 0.6) is 0 Å². The molecule has 6 heteroatoms. The molecule has 1 aromatic carbocycles. The summed E-state index contributed by atoms with van der Waals surface area (Å²) >= 11 is 6.28. The van der Waals surface area contributed by atoms with E-state index in [0.717, 1.165) is 11.4 Å². The summed E-state index contributed by atoms with van der Waals surface area (Å²) in [5, 5.41) is 8.00. The second kappa shape index (κ2) is 6.93. The average molecular weight is 344 g/mol. The van der Waals surface area contributed by atoms with Crippen LogP contribution in [0.25, 0.3) is 5.69 Å². The number of carbonyl (C=O) groups excluding carboxylic acids is 1. The standard InChI is InChI=1S/C18H18ClN3O2/c1-3-15-17(18(23)20-11-13-7-6-10-24-13)12(2)21-22(15)16-9-5-4-8-14(16)19/h4-10H,3,11H2,1-2H3,(H,20,23). The maximum Gasteiger partial charge on any atom is 0.255 e. The number of carbonyl (C=O) groups is 1. The van der Waals surface area contributed by atoms with Gasteiger partial charge in [0.1, 0.15) is 5.76 Å². The quantitative estimate of drug-likeness (QED) is 0.763. The van der Waals surface area contributed by atoms with Crippen molar-refractivity contribution in [2.75, 3.05) is 0 Å². The van der Waals surface area contributed by atoms with Crippen molar-refractivity contribution in [3.8, 4) is 5.69 Å². The molecule has 0 unspecified atom stereocenters. The first-order chi connectivity index (χ1) is 11.6. The Balaban J connectivity index is 1.94. The number of hydrogen-bond donors (Lipinski definition) is 1. The van der Waals surface area contributed by atoms with Crippen LogP contribution in [-0.2, 0) is 13.0 Å². The van der Waals surface area contributed by atoms with Crippen molar-refractivity contribution in [2.45, 2.75) is 26.8 Å². The summed E-state index contributed by atoms with van der Waals surface area (Å²) in [5.74, 6) is 0.539. The normalized spacial score (nSPS) is 10.8. The van der Waals surface area contributed by atoms with E-state index in [1.54, 1.807) is 17.0 Å². The zero-order valence-electron chi connectivity index (χ0n) is 13.5. The first kappa shape index (κ1) is 16.3. The monoisotopic (exact) mass is 343 g/mol. The van der Waals surface area contributed by atoms with Gasteiger partial charge < -0.3 is 9.73 Å². The smallest absolute Gasteiger partial charge is 0.255 e. The summed E-state index contributed by atoms with van der Waals surface area (Å²) in [4.78, 5) is 12.6. The number of nitrogens with one attached hydrogen (secondary N) is 1. The van der Waals surface area contributed by atoms with E-state index in [1.807, 2.05) is 44.2 Å². The average Bonchev–Trinajstić information content (AvgIpc) is 3.20. The van der Waals surface area contributed by atoms with Gasteiger partial charge in [-0.15, -0.1) is 0 Å². The molecule has 1 amide bonds. The van der Waals surface area contributed by atoms with Gasteiger partial charge >= 0.3 is 0 Å². The Morgan fingerprint density at radius 2 is 2.08 bits per heavy atom. The lowest BCUT2D eigenvalue weighted by Gasteiger charge is -2.09. The van der Waals surface area contributed by atoms with Crippen LogP contribution < -0.4 is 5.32 Å². The third-order valence-electron chi connectivity index (χ3n) is 3.80. The molecule has 3 rings (SSSR count). The molecule has 0 radical (unpaired) electrons. The van der Waals surface area contributed by atoms with Gasteiger partial charge in [0.2, 0.25) is 0 Å². The fourth-order valence-electron chi connectivity index (χ4n) is 2.69. The van der Waals surface area contributed by atoms with Gasteiger partial charge in [-0.1, -0.05) is 30.7 Å². The minimum Gasteiger partial charge on any atom is -0.467 e. The SMILES string of the molecule is CCc1c(C(=O)NCc2ccco2)c(C)nn1-c1ccccc1Cl. The molecule has 5 nitrogen and oxygen atoms in total. The molecule has 0 saturated heterocycles. The van der Waals surface area contributed by atoms with E-state index in [2.05, 4.69) is 10.4 Å². The Labute approximate surface area is 145 Å². The maximum atomic E-state index is 12.6. The van der Waals surface area contributed by atoms with Crippen molar-refractivity contribution in [1.82, 2.24) is 15.1 Å². The molecule has 124 valence electrons. The van der Waals surface area contributed by atoms with E-state index in [-0.39, 0.29) is 5.91 Å². The maximum absolute atomic E-state index is 12.6. The van der Waals surface area contributed by atoms with Crippen molar-refractivity contribution < 1.29 is 9.21 Å². The molecule has 0 saturated carbocycles. The summed E-state index contributed by atoms with van der Waals surface area (Å²) in [7, 11) is 0. The van der Waals surface area contributed by atoms with Crippen LogP contribution in [0.1, 0.15) is 34.4 Å². The lowest BCUT2D eigenvalue weighted by Crippen LogP contribution is -2.24. The minimum atomic E-state index is -0.168. The molecular formula is C18H18ClN3O2. The fourth-order valence-corrected chi connectivity index (χ4v) is 2.90. The molecule has 2 heterocycles. The van der Waals surface area contributed by atoms with Crippen molar-refractivity contribution in [3.05, 3.63) is 70.4 Å². The van der Waals surface area contributed by atoms with Gasteiger partial charge in [0.05, 0.1) is 40.5 Å². The number of para-hydroxylation sites is 1. The molecule has 2 aromatic heterocycles. The van der Waals surface area contributed by atoms with E-state index >= 15 is 0 Å². The van der Waals surface area contributed by atoms with Gasteiger partial charge in [-0.25, -0.2) is 4.68 Å². The molecule has 0 bridgehead atoms. The number of nitrogens with zero attached hydrogens (tertiary/aromatic N) is 2. The predicted octanol–water partition coefficient (Wildman–Crippen LogP) is 3.92. The third-order valence-corrected chi connectivity index (χ3v) is 4.12. The van der Waals surface area contributed by atoms with Crippen molar-refractivity contribution in [1.29, 1.82) is 0 Å². The van der Waals surface area contributed by atoms with Crippen LogP contribution in [0.4, 0.5) is 0 Å². The Kier molecular flexibility index (Phi) is 4.71. The number of aromatic nitrogens is 2. The van der Waals surface area contributed by atoms with E-state index in [1.165, 1.54) is 0 Å². The molecule has 0 aliphatic carbocycles. The largest absolute Gasteiger partial charge is 0.467 e. The van der Waals surface area contributed by atoms with Gasteiger partial charge in [0.25, 0.3) is 5.91 Å². The minimum absolute atomic E-state index is 0.168. The Morgan fingerprint density at radius 3 is 2.75 bits per heavy atom. The van der Waals surface area contributed by atoms with Crippen LogP contribution >= 0.6 is 11.6 Å². The molecule has 0 atom stereocenters. The second-order valence-electron chi connectivity index (χ2n) is 5.39. The molecule has 1 N–H and O–H groups in total. The summed E-state index contributed by atoms with van der Waals surface area (Å²) in [5.41, 5.74) is 2.86. The van der Waals surface area contributed by atoms with E-state index < -0.39 is 0 Å². The van der Waals surface area contributed by atoms with Gasteiger partial charge in [-0.05, 0) is 37.6 Å². The summed E-state index contributed by atoms with van der Waals surface area (Å²) in [6.07, 6.45) is 2.25. The van der Waals surface area contributed by atoms with Crippen molar-refractivity contribution in [2.24, 2.45) is 0 Å². The zero-order chi connectivity index (χ0) is 17.1. The van der Waals surface area contributed by atoms with E-state index in [4.69, 9.17) is 16.0 Å². The number of benzene rings is 1. The lowest BCUT2D eigenvalue weighted by molar-refractivity contribution is 0.0946. The Bertz CT molecular complexity index is 853. The topological polar surface area (TPSA) is 60.1 Å².